The van der Waals surface area contributed by atoms with Gasteiger partial charge in [0.15, 0.2) is 0 Å². The van der Waals surface area contributed by atoms with Crippen LogP contribution in [-0.2, 0) is 40.0 Å². The van der Waals surface area contributed by atoms with Crippen LogP contribution in [0.2, 0.25) is 0 Å². The topological polar surface area (TPSA) is 219 Å². The van der Waals surface area contributed by atoms with Crippen molar-refractivity contribution >= 4 is 52.3 Å². The lowest BCUT2D eigenvalue weighted by Crippen LogP contribution is -2.61. The van der Waals surface area contributed by atoms with Crippen molar-refractivity contribution in [3.63, 3.8) is 0 Å². The first-order valence-corrected chi connectivity index (χ1v) is 18.1. The zero-order valence-electron chi connectivity index (χ0n) is 31.5. The van der Waals surface area contributed by atoms with Crippen LogP contribution >= 0.6 is 0 Å². The molecule has 1 aliphatic rings. The molecular weight excluding hydrogens is 668 g/mol. The van der Waals surface area contributed by atoms with E-state index in [0.29, 0.717) is 0 Å². The molecule has 3 rings (SSSR count). The minimum Gasteiger partial charge on any atom is -0.361 e. The number of hydrogen-bond acceptors (Lipinski definition) is 7. The molecule has 1 aliphatic heterocycles. The summed E-state index contributed by atoms with van der Waals surface area (Å²) in [6.45, 7) is 13.8. The molecule has 1 aromatic heterocycles. The number of rotatable bonds is 6. The number of carbonyl (C=O) groups excluding carboxylic acids is 7. The lowest BCUT2D eigenvalue weighted by atomic mass is 9.98. The quantitative estimate of drug-likeness (QED) is 0.215. The van der Waals surface area contributed by atoms with Crippen LogP contribution in [0.5, 0.6) is 0 Å². The normalized spacial score (nSPS) is 25.6. The molecule has 1 aromatic carbocycles. The number of aromatic nitrogens is 1. The summed E-state index contributed by atoms with van der Waals surface area (Å²) in [5.74, 6) is -4.70. The minimum absolute atomic E-state index is 0.00243. The highest BCUT2D eigenvalue weighted by Gasteiger charge is 2.34. The van der Waals surface area contributed by atoms with Crippen molar-refractivity contribution < 1.29 is 33.6 Å². The monoisotopic (exact) mass is 724 g/mol. The van der Waals surface area contributed by atoms with Crippen molar-refractivity contribution in [1.29, 1.82) is 0 Å². The number of benzene rings is 1. The maximum Gasteiger partial charge on any atom is 0.243 e. The molecule has 2 heterocycles. The summed E-state index contributed by atoms with van der Waals surface area (Å²) >= 11 is 0. The van der Waals surface area contributed by atoms with Gasteiger partial charge in [-0.2, -0.15) is 0 Å². The molecule has 7 amide bonds. The Morgan fingerprint density at radius 3 is 1.83 bits per heavy atom. The van der Waals surface area contributed by atoms with Crippen molar-refractivity contribution in [2.24, 2.45) is 17.8 Å². The summed E-state index contributed by atoms with van der Waals surface area (Å²) in [7, 11) is 0. The van der Waals surface area contributed by atoms with Crippen LogP contribution in [0.1, 0.15) is 80.2 Å². The van der Waals surface area contributed by atoms with Gasteiger partial charge in [0, 0.05) is 36.5 Å². The molecule has 0 saturated carbocycles. The zero-order chi connectivity index (χ0) is 38.7. The Labute approximate surface area is 305 Å². The number of aromatic amines is 1. The highest BCUT2D eigenvalue weighted by atomic mass is 16.2. The van der Waals surface area contributed by atoms with Gasteiger partial charge in [-0.1, -0.05) is 59.7 Å². The fourth-order valence-corrected chi connectivity index (χ4v) is 5.92. The summed E-state index contributed by atoms with van der Waals surface area (Å²) in [5.41, 5.74) is 1.66. The van der Waals surface area contributed by atoms with Crippen molar-refractivity contribution in [1.82, 2.24) is 42.2 Å². The maximum atomic E-state index is 13.7. The number of hydrogen-bond donors (Lipinski definition) is 8. The predicted molar refractivity (Wildman–Crippen MR) is 196 cm³/mol. The first-order chi connectivity index (χ1) is 24.5. The van der Waals surface area contributed by atoms with E-state index < -0.39 is 83.5 Å². The van der Waals surface area contributed by atoms with Crippen molar-refractivity contribution in [3.8, 4) is 0 Å². The molecule has 6 atom stereocenters. The van der Waals surface area contributed by atoms with E-state index in [0.717, 1.165) is 16.5 Å². The number of H-pyrrole nitrogens is 1. The highest BCUT2D eigenvalue weighted by Crippen LogP contribution is 2.19. The van der Waals surface area contributed by atoms with Gasteiger partial charge in [0.1, 0.15) is 36.3 Å². The van der Waals surface area contributed by atoms with Gasteiger partial charge in [0.05, 0.1) is 0 Å². The van der Waals surface area contributed by atoms with E-state index in [9.17, 15) is 33.6 Å². The summed E-state index contributed by atoms with van der Waals surface area (Å²) in [4.78, 5) is 96.7. The lowest BCUT2D eigenvalue weighted by molar-refractivity contribution is -0.136. The van der Waals surface area contributed by atoms with Gasteiger partial charge in [-0.05, 0) is 56.1 Å². The standard InChI is InChI=1S/C37H56N8O7/c1-19(2)16-27-35(50)45-30(20(3)4)36(51)41-23(8)32(47)42-28(17-24-18-39-26-13-10-9-12-25(24)26)34(49)38-15-11-14-29(46)40-22(7)33(48)44-31(21(5)6)37(52)43-27/h9-10,12-13,18-23,27-28,30-31,39H,11,14-17H2,1-8H3,(H,38,49)(H,40,46)(H,41,51)(H,42,47)(H,43,52)(H,44,48)(H,45,50)/t22-,23-,27?,28-,30?,31-/m1/s1. The zero-order valence-corrected chi connectivity index (χ0v) is 31.5. The number of fused-ring (bicyclic) bond motifs is 1. The fraction of sp³-hybridized carbons (Fsp3) is 0.595. The van der Waals surface area contributed by atoms with Gasteiger partial charge >= 0.3 is 0 Å². The van der Waals surface area contributed by atoms with Crippen LogP contribution in [0.15, 0.2) is 30.5 Å². The van der Waals surface area contributed by atoms with Gasteiger partial charge in [-0.25, -0.2) is 0 Å². The molecule has 1 fully saturated rings. The third-order valence-corrected chi connectivity index (χ3v) is 8.97. The van der Waals surface area contributed by atoms with E-state index in [2.05, 4.69) is 42.2 Å². The van der Waals surface area contributed by atoms with Crippen LogP contribution in [-0.4, -0.2) is 89.1 Å². The molecule has 15 heteroatoms. The third kappa shape index (κ3) is 11.8. The van der Waals surface area contributed by atoms with E-state index in [1.54, 1.807) is 33.9 Å². The Bertz CT molecular complexity index is 1600. The highest BCUT2D eigenvalue weighted by molar-refractivity contribution is 5.97. The number of para-hydroxylation sites is 1. The van der Waals surface area contributed by atoms with Crippen LogP contribution in [0, 0.1) is 17.8 Å². The molecule has 2 aromatic rings. The molecule has 286 valence electrons. The van der Waals surface area contributed by atoms with E-state index in [4.69, 9.17) is 0 Å². The van der Waals surface area contributed by atoms with E-state index in [1.807, 2.05) is 38.1 Å². The average Bonchev–Trinajstić information content (AvgIpc) is 3.48. The third-order valence-electron chi connectivity index (χ3n) is 8.97. The average molecular weight is 725 g/mol. The Hall–Kier alpha value is -4.95. The lowest BCUT2D eigenvalue weighted by Gasteiger charge is -2.29. The van der Waals surface area contributed by atoms with Gasteiger partial charge < -0.3 is 42.2 Å². The second kappa shape index (κ2) is 19.0. The molecule has 52 heavy (non-hydrogen) atoms. The largest absolute Gasteiger partial charge is 0.361 e. The fourth-order valence-electron chi connectivity index (χ4n) is 5.92. The SMILES string of the molecule is CC(C)CC1NC(=O)[C@@H](C(C)C)NC(=O)[C@@H](C)NC(=O)CCCNC(=O)[C@@H](Cc2c[nH]c3ccccc23)NC(=O)[C@@H](C)NC(=O)C(C(C)C)NC1=O. The maximum absolute atomic E-state index is 13.7. The summed E-state index contributed by atoms with van der Waals surface area (Å²) in [6, 6.07) is 1.34. The molecule has 2 unspecified atom stereocenters. The number of amides is 7. The summed E-state index contributed by atoms with van der Waals surface area (Å²) in [6.07, 6.45) is 2.40. The van der Waals surface area contributed by atoms with E-state index >= 15 is 0 Å². The molecule has 0 bridgehead atoms. The van der Waals surface area contributed by atoms with Crippen LogP contribution in [0.25, 0.3) is 10.9 Å². The minimum atomic E-state index is -1.09. The van der Waals surface area contributed by atoms with Gasteiger partial charge in [-0.15, -0.1) is 0 Å². The molecule has 0 aliphatic carbocycles. The Balaban J connectivity index is 1.92. The van der Waals surface area contributed by atoms with Crippen molar-refractivity contribution in [2.45, 2.75) is 117 Å². The Morgan fingerprint density at radius 2 is 1.19 bits per heavy atom. The number of nitrogens with one attached hydrogen (secondary N) is 8. The van der Waals surface area contributed by atoms with Gasteiger partial charge in [-0.3, -0.25) is 33.6 Å². The summed E-state index contributed by atoms with van der Waals surface area (Å²) in [5, 5.41) is 19.9. The smallest absolute Gasteiger partial charge is 0.243 e. The van der Waals surface area contributed by atoms with Crippen LogP contribution in [0.3, 0.4) is 0 Å². The van der Waals surface area contributed by atoms with Gasteiger partial charge in [0.25, 0.3) is 0 Å². The Kier molecular flexibility index (Phi) is 15.2. The van der Waals surface area contributed by atoms with Crippen molar-refractivity contribution in [3.05, 3.63) is 36.0 Å². The second-order valence-electron chi connectivity index (χ2n) is 14.7. The molecule has 0 spiro atoms. The van der Waals surface area contributed by atoms with Crippen molar-refractivity contribution in [2.75, 3.05) is 6.54 Å². The van der Waals surface area contributed by atoms with E-state index in [-0.39, 0.29) is 44.1 Å². The molecule has 0 radical (unpaired) electrons. The Morgan fingerprint density at radius 1 is 0.635 bits per heavy atom. The first kappa shape index (κ1) is 41.5. The van der Waals surface area contributed by atoms with Crippen LogP contribution in [0.4, 0.5) is 0 Å². The first-order valence-electron chi connectivity index (χ1n) is 18.1. The van der Waals surface area contributed by atoms with E-state index in [1.165, 1.54) is 13.8 Å². The predicted octanol–water partition coefficient (Wildman–Crippen LogP) is 0.927. The molecule has 1 saturated heterocycles. The number of carbonyl (C=O) groups is 7. The molecule has 8 N–H and O–H groups in total. The molecular formula is C37H56N8O7. The summed E-state index contributed by atoms with van der Waals surface area (Å²) < 4.78 is 0. The molecule has 15 nitrogen and oxygen atoms in total. The van der Waals surface area contributed by atoms with Crippen LogP contribution < -0.4 is 37.2 Å². The second-order valence-corrected chi connectivity index (χ2v) is 14.7. The van der Waals surface area contributed by atoms with Gasteiger partial charge in [0.2, 0.25) is 41.4 Å².